The second-order valence-corrected chi connectivity index (χ2v) is 5.62. The van der Waals surface area contributed by atoms with Gasteiger partial charge in [-0.1, -0.05) is 6.07 Å². The Kier molecular flexibility index (Phi) is 5.44. The Bertz CT molecular complexity index is 598. The number of urea groups is 1. The molecule has 0 saturated heterocycles. The van der Waals surface area contributed by atoms with E-state index in [0.717, 1.165) is 0 Å². The zero-order valence-corrected chi connectivity index (χ0v) is 12.7. The van der Waals surface area contributed by atoms with E-state index in [-0.39, 0.29) is 18.5 Å². The number of benzene rings is 1. The minimum Gasteiger partial charge on any atom is -0.481 e. The zero-order chi connectivity index (χ0) is 16.9. The molecule has 0 radical (unpaired) electrons. The van der Waals surface area contributed by atoms with Gasteiger partial charge in [0.15, 0.2) is 0 Å². The van der Waals surface area contributed by atoms with Crippen molar-refractivity contribution in [1.29, 1.82) is 0 Å². The van der Waals surface area contributed by atoms with Gasteiger partial charge < -0.3 is 15.7 Å². The minimum absolute atomic E-state index is 0.0662. The predicted octanol–water partition coefficient (Wildman–Crippen LogP) is 2.67. The molecule has 0 aliphatic rings. The maximum Gasteiger partial charge on any atom is 0.319 e. The summed E-state index contributed by atoms with van der Waals surface area (Å²) in [5.41, 5.74) is 0.00329. The average Bonchev–Trinajstić information content (AvgIpc) is 2.38. The molecule has 8 heteroatoms. The highest BCUT2D eigenvalue weighted by atomic mass is 16.6. The molecule has 2 amide bonds. The molecule has 0 aliphatic heterocycles. The number of carbonyl (C=O) groups is 2. The molecule has 22 heavy (non-hydrogen) atoms. The highest BCUT2D eigenvalue weighted by Gasteiger charge is 2.22. The van der Waals surface area contributed by atoms with Crippen molar-refractivity contribution in [3.05, 3.63) is 33.9 Å². The molecule has 8 nitrogen and oxygen atoms in total. The molecule has 0 bridgehead atoms. The molecule has 0 aromatic heterocycles. The van der Waals surface area contributed by atoms with Crippen LogP contribution in [0, 0.1) is 17.0 Å². The summed E-state index contributed by atoms with van der Waals surface area (Å²) in [6.45, 7) is 5.01. The van der Waals surface area contributed by atoms with Crippen LogP contribution in [0.25, 0.3) is 0 Å². The Morgan fingerprint density at radius 2 is 2.00 bits per heavy atom. The summed E-state index contributed by atoms with van der Waals surface area (Å²) in [7, 11) is 0. The number of carboxylic acids is 1. The maximum absolute atomic E-state index is 11.9. The summed E-state index contributed by atoms with van der Waals surface area (Å²) in [6, 6.07) is 3.84. The fourth-order valence-corrected chi connectivity index (χ4v) is 1.84. The molecule has 0 atom stereocenters. The number of nitro groups is 1. The number of anilines is 1. The van der Waals surface area contributed by atoms with Gasteiger partial charge in [-0.3, -0.25) is 14.9 Å². The van der Waals surface area contributed by atoms with E-state index in [1.807, 2.05) is 0 Å². The minimum atomic E-state index is -0.940. The summed E-state index contributed by atoms with van der Waals surface area (Å²) in [6.07, 6.45) is 0.201. The molecular formula is C14H19N3O5. The maximum atomic E-state index is 11.9. The van der Waals surface area contributed by atoms with E-state index in [1.54, 1.807) is 32.9 Å². The molecule has 0 fully saturated rings. The normalized spacial score (nSPS) is 10.9. The summed E-state index contributed by atoms with van der Waals surface area (Å²) in [4.78, 5) is 32.8. The van der Waals surface area contributed by atoms with Crippen LogP contribution < -0.4 is 10.6 Å². The summed E-state index contributed by atoms with van der Waals surface area (Å²) in [5.74, 6) is -0.940. The Morgan fingerprint density at radius 1 is 1.36 bits per heavy atom. The first-order valence-electron chi connectivity index (χ1n) is 6.67. The molecular weight excluding hydrogens is 290 g/mol. The molecule has 0 heterocycles. The number of rotatable bonds is 6. The van der Waals surface area contributed by atoms with Crippen LogP contribution >= 0.6 is 0 Å². The highest BCUT2D eigenvalue weighted by Crippen LogP contribution is 2.22. The average molecular weight is 309 g/mol. The summed E-state index contributed by atoms with van der Waals surface area (Å²) < 4.78 is 0. The molecule has 1 aromatic carbocycles. The third kappa shape index (κ3) is 5.39. The quantitative estimate of drug-likeness (QED) is 0.551. The van der Waals surface area contributed by atoms with Crippen molar-refractivity contribution in [3.8, 4) is 0 Å². The van der Waals surface area contributed by atoms with E-state index in [4.69, 9.17) is 5.11 Å². The fourth-order valence-electron chi connectivity index (χ4n) is 1.84. The number of nitro benzene ring substituents is 1. The van der Waals surface area contributed by atoms with E-state index in [1.165, 1.54) is 6.07 Å². The monoisotopic (exact) mass is 309 g/mol. The first kappa shape index (κ1) is 17.4. The van der Waals surface area contributed by atoms with Crippen LogP contribution in [0.1, 0.15) is 32.3 Å². The molecule has 1 aromatic rings. The van der Waals surface area contributed by atoms with Gasteiger partial charge in [-0.05, 0) is 33.3 Å². The molecule has 120 valence electrons. The number of carboxylic acid groups (broad SMARTS) is 1. The molecule has 0 unspecified atom stereocenters. The second kappa shape index (κ2) is 6.88. The molecule has 0 saturated carbocycles. The number of carbonyl (C=O) groups excluding carboxylic acids is 1. The van der Waals surface area contributed by atoms with E-state index in [9.17, 15) is 19.7 Å². The predicted molar refractivity (Wildman–Crippen MR) is 80.9 cm³/mol. The van der Waals surface area contributed by atoms with E-state index in [2.05, 4.69) is 10.6 Å². The van der Waals surface area contributed by atoms with Crippen molar-refractivity contribution in [2.75, 3.05) is 5.32 Å². The van der Waals surface area contributed by atoms with Gasteiger partial charge in [-0.2, -0.15) is 0 Å². The van der Waals surface area contributed by atoms with E-state index >= 15 is 0 Å². The number of nitrogens with zero attached hydrogens (tertiary/aromatic N) is 1. The second-order valence-electron chi connectivity index (χ2n) is 5.62. The fraction of sp³-hybridized carbons (Fsp3) is 0.429. The van der Waals surface area contributed by atoms with Crippen LogP contribution in [0.15, 0.2) is 18.2 Å². The molecule has 1 rings (SSSR count). The number of amides is 2. The molecule has 0 spiro atoms. The topological polar surface area (TPSA) is 122 Å². The number of hydrogen-bond donors (Lipinski definition) is 3. The standard InChI is InChI=1S/C14H19N3O5/c1-9-4-5-10(8-11(9)17(21)22)15-13(20)16-14(2,3)7-6-12(18)19/h4-5,8H,6-7H2,1-3H3,(H,18,19)(H2,15,16,20). The first-order chi connectivity index (χ1) is 10.1. The van der Waals surface area contributed by atoms with Crippen molar-refractivity contribution in [1.82, 2.24) is 5.32 Å². The zero-order valence-electron chi connectivity index (χ0n) is 12.7. The Hall–Kier alpha value is -2.64. The van der Waals surface area contributed by atoms with Crippen LogP contribution in [0.3, 0.4) is 0 Å². The van der Waals surface area contributed by atoms with Crippen LogP contribution in [-0.4, -0.2) is 27.6 Å². The van der Waals surface area contributed by atoms with Gasteiger partial charge in [0.05, 0.1) is 4.92 Å². The molecule has 3 N–H and O–H groups in total. The van der Waals surface area contributed by atoms with Crippen molar-refractivity contribution >= 4 is 23.4 Å². The SMILES string of the molecule is Cc1ccc(NC(=O)NC(C)(C)CCC(=O)O)cc1[N+](=O)[O-]. The Labute approximate surface area is 127 Å². The van der Waals surface area contributed by atoms with Crippen molar-refractivity contribution < 1.29 is 19.6 Å². The van der Waals surface area contributed by atoms with E-state index < -0.39 is 22.5 Å². The van der Waals surface area contributed by atoms with Crippen molar-refractivity contribution in [2.24, 2.45) is 0 Å². The first-order valence-corrected chi connectivity index (χ1v) is 6.67. The van der Waals surface area contributed by atoms with Gasteiger partial charge >= 0.3 is 12.0 Å². The lowest BCUT2D eigenvalue weighted by molar-refractivity contribution is -0.385. The third-order valence-electron chi connectivity index (χ3n) is 3.08. The highest BCUT2D eigenvalue weighted by molar-refractivity contribution is 5.90. The van der Waals surface area contributed by atoms with Crippen LogP contribution in [0.4, 0.5) is 16.2 Å². The lowest BCUT2D eigenvalue weighted by Gasteiger charge is -2.25. The third-order valence-corrected chi connectivity index (χ3v) is 3.08. The lowest BCUT2D eigenvalue weighted by atomic mass is 9.99. The van der Waals surface area contributed by atoms with Gasteiger partial charge in [-0.15, -0.1) is 0 Å². The van der Waals surface area contributed by atoms with Crippen molar-refractivity contribution in [2.45, 2.75) is 39.2 Å². The van der Waals surface area contributed by atoms with Gasteiger partial charge in [-0.25, -0.2) is 4.79 Å². The van der Waals surface area contributed by atoms with Crippen LogP contribution in [0.5, 0.6) is 0 Å². The molecule has 0 aliphatic carbocycles. The lowest BCUT2D eigenvalue weighted by Crippen LogP contribution is -2.45. The number of aliphatic carboxylic acids is 1. The summed E-state index contributed by atoms with van der Waals surface area (Å²) in [5, 5.41) is 24.7. The van der Waals surface area contributed by atoms with Gasteiger partial charge in [0.1, 0.15) is 0 Å². The number of hydrogen-bond acceptors (Lipinski definition) is 4. The smallest absolute Gasteiger partial charge is 0.319 e. The van der Waals surface area contributed by atoms with Crippen molar-refractivity contribution in [3.63, 3.8) is 0 Å². The van der Waals surface area contributed by atoms with E-state index in [0.29, 0.717) is 11.3 Å². The van der Waals surface area contributed by atoms with Gasteiger partial charge in [0, 0.05) is 29.3 Å². The number of aryl methyl sites for hydroxylation is 1. The van der Waals surface area contributed by atoms with Crippen LogP contribution in [0.2, 0.25) is 0 Å². The van der Waals surface area contributed by atoms with Crippen LogP contribution in [-0.2, 0) is 4.79 Å². The van der Waals surface area contributed by atoms with Gasteiger partial charge in [0.25, 0.3) is 5.69 Å². The van der Waals surface area contributed by atoms with Gasteiger partial charge in [0.2, 0.25) is 0 Å². The summed E-state index contributed by atoms with van der Waals surface area (Å²) >= 11 is 0. The largest absolute Gasteiger partial charge is 0.481 e. The number of nitrogens with one attached hydrogen (secondary N) is 2. The Balaban J connectivity index is 2.71. The Morgan fingerprint density at radius 3 is 2.55 bits per heavy atom.